The molecule has 3 nitrogen and oxygen atoms in total. The molecule has 156 valence electrons. The van der Waals surface area contributed by atoms with Crippen LogP contribution in [-0.2, 0) is 16.7 Å². The van der Waals surface area contributed by atoms with E-state index in [4.69, 9.17) is 4.74 Å². The SMILES string of the molecule is Cc1ccc(CNCCC2(c3ccc(F)cn3)CCOC3(CCCC3)C2)cc1C. The zero-order chi connectivity index (χ0) is 20.3. The lowest BCUT2D eigenvalue weighted by Gasteiger charge is -2.46. The van der Waals surface area contributed by atoms with Gasteiger partial charge in [-0.1, -0.05) is 31.0 Å². The lowest BCUT2D eigenvalue weighted by Crippen LogP contribution is -2.47. The molecular weight excluding hydrogens is 363 g/mol. The average Bonchev–Trinajstić information content (AvgIpc) is 3.16. The first-order valence-electron chi connectivity index (χ1n) is 11.0. The number of hydrogen-bond acceptors (Lipinski definition) is 3. The third kappa shape index (κ3) is 4.54. The van der Waals surface area contributed by atoms with Crippen LogP contribution in [-0.4, -0.2) is 23.7 Å². The van der Waals surface area contributed by atoms with Crippen molar-refractivity contribution in [3.63, 3.8) is 0 Å². The largest absolute Gasteiger partial charge is 0.375 e. The molecule has 1 aromatic heterocycles. The highest BCUT2D eigenvalue weighted by Crippen LogP contribution is 2.49. The Morgan fingerprint density at radius 3 is 2.62 bits per heavy atom. The highest BCUT2D eigenvalue weighted by Gasteiger charge is 2.48. The van der Waals surface area contributed by atoms with Crippen molar-refractivity contribution in [3.8, 4) is 0 Å². The van der Waals surface area contributed by atoms with Gasteiger partial charge in [-0.2, -0.15) is 0 Å². The van der Waals surface area contributed by atoms with E-state index in [0.29, 0.717) is 0 Å². The van der Waals surface area contributed by atoms with Crippen molar-refractivity contribution in [3.05, 3.63) is 64.7 Å². The number of aryl methyl sites for hydroxylation is 2. The monoisotopic (exact) mass is 396 g/mol. The summed E-state index contributed by atoms with van der Waals surface area (Å²) < 4.78 is 19.8. The smallest absolute Gasteiger partial charge is 0.141 e. The lowest BCUT2D eigenvalue weighted by molar-refractivity contribution is -0.104. The molecule has 0 bridgehead atoms. The summed E-state index contributed by atoms with van der Waals surface area (Å²) in [4.78, 5) is 4.53. The average molecular weight is 397 g/mol. The quantitative estimate of drug-likeness (QED) is 0.666. The van der Waals surface area contributed by atoms with Gasteiger partial charge in [0.1, 0.15) is 5.82 Å². The van der Waals surface area contributed by atoms with Gasteiger partial charge in [-0.25, -0.2) is 4.39 Å². The Hall–Kier alpha value is -1.78. The molecule has 1 aliphatic carbocycles. The zero-order valence-corrected chi connectivity index (χ0v) is 17.8. The molecule has 2 aromatic rings. The zero-order valence-electron chi connectivity index (χ0n) is 17.8. The van der Waals surface area contributed by atoms with E-state index in [0.717, 1.165) is 57.5 Å². The maximum atomic E-state index is 13.5. The summed E-state index contributed by atoms with van der Waals surface area (Å²) in [6, 6.07) is 10.1. The van der Waals surface area contributed by atoms with Crippen LogP contribution >= 0.6 is 0 Å². The summed E-state index contributed by atoms with van der Waals surface area (Å²) in [5.41, 5.74) is 4.99. The van der Waals surface area contributed by atoms with Crippen molar-refractivity contribution in [1.82, 2.24) is 10.3 Å². The van der Waals surface area contributed by atoms with Gasteiger partial charge in [0.25, 0.3) is 0 Å². The number of hydrogen-bond donors (Lipinski definition) is 1. The second-order valence-electron chi connectivity index (χ2n) is 9.15. The number of nitrogens with zero attached hydrogens (tertiary/aromatic N) is 1. The predicted molar refractivity (Wildman–Crippen MR) is 114 cm³/mol. The molecule has 4 rings (SSSR count). The molecule has 1 unspecified atom stereocenters. The first kappa shape index (κ1) is 20.5. The Kier molecular flexibility index (Phi) is 6.03. The fraction of sp³-hybridized carbons (Fsp3) is 0.560. The fourth-order valence-electron chi connectivity index (χ4n) is 5.28. The molecule has 29 heavy (non-hydrogen) atoms. The first-order chi connectivity index (χ1) is 14.0. The maximum Gasteiger partial charge on any atom is 0.141 e. The van der Waals surface area contributed by atoms with Crippen molar-refractivity contribution in [1.29, 1.82) is 0 Å². The minimum Gasteiger partial charge on any atom is -0.375 e. The van der Waals surface area contributed by atoms with Crippen molar-refractivity contribution >= 4 is 0 Å². The number of nitrogens with one attached hydrogen (secondary N) is 1. The molecule has 0 radical (unpaired) electrons. The van der Waals surface area contributed by atoms with Gasteiger partial charge in [0, 0.05) is 24.3 Å². The Morgan fingerprint density at radius 1 is 1.07 bits per heavy atom. The summed E-state index contributed by atoms with van der Waals surface area (Å²) in [6.45, 7) is 6.88. The van der Waals surface area contributed by atoms with E-state index < -0.39 is 0 Å². The molecule has 1 aliphatic heterocycles. The Labute approximate surface area is 174 Å². The number of halogens is 1. The van der Waals surface area contributed by atoms with Gasteiger partial charge in [-0.05, 0) is 81.3 Å². The van der Waals surface area contributed by atoms with Crippen LogP contribution in [0.2, 0.25) is 0 Å². The minimum absolute atomic E-state index is 0.00237. The van der Waals surface area contributed by atoms with Crippen molar-refractivity contribution < 1.29 is 9.13 Å². The summed E-state index contributed by atoms with van der Waals surface area (Å²) in [6.07, 6.45) is 9.12. The second-order valence-corrected chi connectivity index (χ2v) is 9.15. The Balaban J connectivity index is 1.47. The van der Waals surface area contributed by atoms with Gasteiger partial charge < -0.3 is 10.1 Å². The van der Waals surface area contributed by atoms with Crippen LogP contribution in [0.1, 0.15) is 67.3 Å². The topological polar surface area (TPSA) is 34.2 Å². The van der Waals surface area contributed by atoms with E-state index >= 15 is 0 Å². The standard InChI is InChI=1S/C25H33FN2O/c1-19-5-6-21(15-20(19)2)16-27-13-11-24(23-8-7-22(26)17-28-23)12-14-29-25(18-24)9-3-4-10-25/h5-8,15,17,27H,3-4,9-14,16,18H2,1-2H3. The number of benzene rings is 1. The van der Waals surface area contributed by atoms with Crippen molar-refractivity contribution in [2.75, 3.05) is 13.2 Å². The number of aromatic nitrogens is 1. The minimum atomic E-state index is -0.264. The number of pyridine rings is 1. The Bertz CT molecular complexity index is 829. The normalized spacial score (nSPS) is 23.6. The van der Waals surface area contributed by atoms with Crippen LogP contribution < -0.4 is 5.32 Å². The summed E-state index contributed by atoms with van der Waals surface area (Å²) in [5, 5.41) is 3.64. The third-order valence-electron chi connectivity index (χ3n) is 7.12. The first-order valence-corrected chi connectivity index (χ1v) is 11.0. The fourth-order valence-corrected chi connectivity index (χ4v) is 5.28. The van der Waals surface area contributed by atoms with Crippen LogP contribution in [0.25, 0.3) is 0 Å². The molecule has 4 heteroatoms. The molecule has 2 fully saturated rings. The molecule has 2 aliphatic rings. The van der Waals surface area contributed by atoms with Crippen LogP contribution in [0.5, 0.6) is 0 Å². The Morgan fingerprint density at radius 2 is 1.90 bits per heavy atom. The van der Waals surface area contributed by atoms with E-state index in [1.54, 1.807) is 6.07 Å². The molecule has 2 heterocycles. The molecule has 1 saturated carbocycles. The molecule has 1 N–H and O–H groups in total. The summed E-state index contributed by atoms with van der Waals surface area (Å²) in [7, 11) is 0. The maximum absolute atomic E-state index is 13.5. The number of ether oxygens (including phenoxy) is 1. The summed E-state index contributed by atoms with van der Waals surface area (Å²) >= 11 is 0. The van der Waals surface area contributed by atoms with Crippen molar-refractivity contribution in [2.24, 2.45) is 0 Å². The van der Waals surface area contributed by atoms with Gasteiger partial charge in [-0.3, -0.25) is 4.98 Å². The molecular formula is C25H33FN2O. The van der Waals surface area contributed by atoms with Crippen LogP contribution in [0.3, 0.4) is 0 Å². The second kappa shape index (κ2) is 8.53. The molecule has 1 aromatic carbocycles. The molecule has 1 atom stereocenters. The van der Waals surface area contributed by atoms with E-state index in [-0.39, 0.29) is 16.8 Å². The third-order valence-corrected chi connectivity index (χ3v) is 7.12. The van der Waals surface area contributed by atoms with Crippen LogP contribution in [0, 0.1) is 19.7 Å². The van der Waals surface area contributed by atoms with Gasteiger partial charge in [-0.15, -0.1) is 0 Å². The van der Waals surface area contributed by atoms with E-state index in [1.807, 2.05) is 6.07 Å². The van der Waals surface area contributed by atoms with E-state index in [1.165, 1.54) is 35.7 Å². The molecule has 1 saturated heterocycles. The van der Waals surface area contributed by atoms with Gasteiger partial charge in [0.15, 0.2) is 0 Å². The van der Waals surface area contributed by atoms with Crippen LogP contribution in [0.4, 0.5) is 4.39 Å². The van der Waals surface area contributed by atoms with E-state index in [2.05, 4.69) is 42.3 Å². The van der Waals surface area contributed by atoms with Gasteiger partial charge in [0.2, 0.25) is 0 Å². The van der Waals surface area contributed by atoms with Gasteiger partial charge >= 0.3 is 0 Å². The van der Waals surface area contributed by atoms with E-state index in [9.17, 15) is 4.39 Å². The van der Waals surface area contributed by atoms with Crippen molar-refractivity contribution in [2.45, 2.75) is 76.4 Å². The van der Waals surface area contributed by atoms with Gasteiger partial charge in [0.05, 0.1) is 11.8 Å². The molecule has 0 amide bonds. The predicted octanol–water partition coefficient (Wildman–Crippen LogP) is 5.38. The number of rotatable bonds is 6. The summed E-state index contributed by atoms with van der Waals surface area (Å²) in [5.74, 6) is -0.264. The molecule has 1 spiro atoms. The lowest BCUT2D eigenvalue weighted by atomic mass is 9.68. The highest BCUT2D eigenvalue weighted by atomic mass is 19.1. The van der Waals surface area contributed by atoms with Crippen LogP contribution in [0.15, 0.2) is 36.5 Å². The highest BCUT2D eigenvalue weighted by molar-refractivity contribution is 5.29.